The smallest absolute Gasteiger partial charge is 0.164 e. The molecule has 2 heterocycles. The molecule has 50 heavy (non-hydrogen) atoms. The van der Waals surface area contributed by atoms with Gasteiger partial charge in [-0.1, -0.05) is 127 Å². The van der Waals surface area contributed by atoms with Crippen molar-refractivity contribution in [3.8, 4) is 51.7 Å². The average Bonchev–Trinajstić information content (AvgIpc) is 3.20. The number of benzene rings is 7. The van der Waals surface area contributed by atoms with Crippen LogP contribution in [-0.2, 0) is 5.41 Å². The first-order valence-corrected chi connectivity index (χ1v) is 16.5. The van der Waals surface area contributed by atoms with Crippen LogP contribution in [0.1, 0.15) is 27.8 Å². The van der Waals surface area contributed by atoms with E-state index in [0.717, 1.165) is 61.2 Å². The highest BCUT2D eigenvalue weighted by molar-refractivity contribution is 5.92. The predicted molar refractivity (Wildman–Crippen MR) is 197 cm³/mol. The van der Waals surface area contributed by atoms with Gasteiger partial charge in [0.1, 0.15) is 11.5 Å². The Hall–Kier alpha value is -6.90. The fourth-order valence-corrected chi connectivity index (χ4v) is 7.16. The second-order valence-electron chi connectivity index (χ2n) is 12.3. The minimum absolute atomic E-state index is 0.529. The first-order valence-electron chi connectivity index (χ1n) is 16.5. The third kappa shape index (κ3) is 4.74. The fraction of sp³-hybridized carbons (Fsp3) is 0.0222. The molecule has 5 nitrogen and oxygen atoms in total. The lowest BCUT2D eigenvalue weighted by Gasteiger charge is -2.42. The molecule has 0 bridgehead atoms. The van der Waals surface area contributed by atoms with Gasteiger partial charge in [-0.3, -0.25) is 0 Å². The number of rotatable bonds is 5. The quantitative estimate of drug-likeness (QED) is 0.187. The second-order valence-corrected chi connectivity index (χ2v) is 12.3. The highest BCUT2D eigenvalue weighted by Crippen LogP contribution is 2.57. The van der Waals surface area contributed by atoms with Crippen molar-refractivity contribution in [3.63, 3.8) is 0 Å². The third-order valence-corrected chi connectivity index (χ3v) is 9.49. The number of hydrogen-bond acceptors (Lipinski definition) is 5. The Morgan fingerprint density at radius 3 is 1.66 bits per heavy atom. The van der Waals surface area contributed by atoms with Crippen LogP contribution in [-0.4, -0.2) is 15.0 Å². The average molecular weight is 641 g/mol. The maximum Gasteiger partial charge on any atom is 0.164 e. The summed E-state index contributed by atoms with van der Waals surface area (Å²) < 4.78 is 6.91. The van der Waals surface area contributed by atoms with E-state index >= 15 is 0 Å². The van der Waals surface area contributed by atoms with Gasteiger partial charge in [0.15, 0.2) is 17.5 Å². The van der Waals surface area contributed by atoms with Crippen molar-refractivity contribution in [1.82, 2.24) is 15.0 Å². The summed E-state index contributed by atoms with van der Waals surface area (Å²) >= 11 is 0. The molecule has 1 aliphatic heterocycles. The highest BCUT2D eigenvalue weighted by Gasteiger charge is 2.46. The van der Waals surface area contributed by atoms with E-state index in [2.05, 4.69) is 109 Å². The van der Waals surface area contributed by atoms with Crippen LogP contribution >= 0.6 is 0 Å². The lowest BCUT2D eigenvalue weighted by molar-refractivity contribution is 0.440. The summed E-state index contributed by atoms with van der Waals surface area (Å²) in [5, 5.41) is 11.6. The number of fused-ring (bicyclic) bond motifs is 4. The Kier molecular flexibility index (Phi) is 7.00. The summed E-state index contributed by atoms with van der Waals surface area (Å²) in [7, 11) is 0. The van der Waals surface area contributed by atoms with Crippen LogP contribution in [0.2, 0.25) is 0 Å². The van der Waals surface area contributed by atoms with E-state index in [9.17, 15) is 5.26 Å². The van der Waals surface area contributed by atoms with E-state index in [-0.39, 0.29) is 0 Å². The lowest BCUT2D eigenvalue weighted by Crippen LogP contribution is -2.34. The van der Waals surface area contributed by atoms with Gasteiger partial charge in [0, 0.05) is 33.2 Å². The Labute approximate surface area is 289 Å². The minimum atomic E-state index is -0.712. The van der Waals surface area contributed by atoms with Crippen LogP contribution in [0.4, 0.5) is 0 Å². The van der Waals surface area contributed by atoms with Gasteiger partial charge in [0.05, 0.1) is 17.0 Å². The first-order chi connectivity index (χ1) is 24.7. The lowest BCUT2D eigenvalue weighted by atomic mass is 9.63. The van der Waals surface area contributed by atoms with Crippen LogP contribution in [0, 0.1) is 11.3 Å². The molecular formula is C45H28N4O. The number of hydrogen-bond donors (Lipinski definition) is 0. The van der Waals surface area contributed by atoms with Crippen molar-refractivity contribution >= 4 is 10.8 Å². The van der Waals surface area contributed by atoms with Crippen LogP contribution in [0.15, 0.2) is 170 Å². The van der Waals surface area contributed by atoms with Gasteiger partial charge in [-0.25, -0.2) is 15.0 Å². The summed E-state index contributed by atoms with van der Waals surface area (Å²) in [6, 6.07) is 59.8. The molecule has 0 spiro atoms. The van der Waals surface area contributed by atoms with Gasteiger partial charge in [0.2, 0.25) is 0 Å². The number of nitriles is 1. The maximum atomic E-state index is 9.40. The van der Waals surface area contributed by atoms with Crippen LogP contribution in [0.3, 0.4) is 0 Å². The molecule has 8 aromatic rings. The van der Waals surface area contributed by atoms with E-state index in [4.69, 9.17) is 19.7 Å². The molecule has 0 radical (unpaired) electrons. The second kappa shape index (κ2) is 12.0. The molecule has 0 aliphatic carbocycles. The topological polar surface area (TPSA) is 71.7 Å². The Morgan fingerprint density at radius 1 is 0.480 bits per heavy atom. The SMILES string of the molecule is N#Cc1ccc(-c2nc(-c3ccccc3)nc(-c3ccc4c(c3)C(c3ccccc3)(c3ccccc3)c3ccc5ccccc5c3O4)n2)cc1. The molecule has 7 aromatic carbocycles. The van der Waals surface area contributed by atoms with Crippen molar-refractivity contribution in [2.75, 3.05) is 0 Å². The largest absolute Gasteiger partial charge is 0.456 e. The summed E-state index contributed by atoms with van der Waals surface area (Å²) in [6.45, 7) is 0. The summed E-state index contributed by atoms with van der Waals surface area (Å²) in [5.41, 5.74) is 6.71. The summed E-state index contributed by atoms with van der Waals surface area (Å²) in [5.74, 6) is 3.26. The zero-order valence-corrected chi connectivity index (χ0v) is 26.9. The van der Waals surface area contributed by atoms with Crippen molar-refractivity contribution in [3.05, 3.63) is 198 Å². The zero-order chi connectivity index (χ0) is 33.5. The highest BCUT2D eigenvalue weighted by atomic mass is 16.5. The van der Waals surface area contributed by atoms with E-state index in [0.29, 0.717) is 23.0 Å². The number of ether oxygens (including phenoxy) is 1. The van der Waals surface area contributed by atoms with E-state index in [1.54, 1.807) is 12.1 Å². The van der Waals surface area contributed by atoms with E-state index in [1.807, 2.05) is 54.6 Å². The van der Waals surface area contributed by atoms with E-state index in [1.165, 1.54) is 0 Å². The van der Waals surface area contributed by atoms with Crippen molar-refractivity contribution in [2.45, 2.75) is 5.41 Å². The summed E-state index contributed by atoms with van der Waals surface area (Å²) in [6.07, 6.45) is 0. The van der Waals surface area contributed by atoms with Gasteiger partial charge >= 0.3 is 0 Å². The van der Waals surface area contributed by atoms with E-state index < -0.39 is 5.41 Å². The van der Waals surface area contributed by atoms with Crippen LogP contribution in [0.25, 0.3) is 44.9 Å². The van der Waals surface area contributed by atoms with Crippen LogP contribution < -0.4 is 4.74 Å². The maximum absolute atomic E-state index is 9.40. The monoisotopic (exact) mass is 640 g/mol. The fourth-order valence-electron chi connectivity index (χ4n) is 7.16. The molecule has 0 N–H and O–H groups in total. The molecule has 0 amide bonds. The Balaban J connectivity index is 1.33. The summed E-state index contributed by atoms with van der Waals surface area (Å²) in [4.78, 5) is 15.0. The molecule has 234 valence electrons. The molecule has 1 aliphatic rings. The molecule has 1 aromatic heterocycles. The van der Waals surface area contributed by atoms with Gasteiger partial charge in [-0.2, -0.15) is 5.26 Å². The minimum Gasteiger partial charge on any atom is -0.456 e. The number of nitrogens with zero attached hydrogens (tertiary/aromatic N) is 4. The predicted octanol–water partition coefficient (Wildman–Crippen LogP) is 10.4. The molecule has 9 rings (SSSR count). The van der Waals surface area contributed by atoms with Crippen molar-refractivity contribution in [1.29, 1.82) is 5.26 Å². The number of aromatic nitrogens is 3. The molecule has 0 saturated heterocycles. The Bertz CT molecular complexity index is 2520. The van der Waals surface area contributed by atoms with Crippen molar-refractivity contribution in [2.24, 2.45) is 0 Å². The molecule has 0 saturated carbocycles. The molecule has 0 fully saturated rings. The molecular weight excluding hydrogens is 613 g/mol. The van der Waals surface area contributed by atoms with Gasteiger partial charge in [-0.05, 0) is 59.0 Å². The first kappa shape index (κ1) is 29.3. The van der Waals surface area contributed by atoms with Gasteiger partial charge in [0.25, 0.3) is 0 Å². The Morgan fingerprint density at radius 2 is 1.02 bits per heavy atom. The van der Waals surface area contributed by atoms with Crippen molar-refractivity contribution < 1.29 is 4.74 Å². The standard InChI is InChI=1S/C45H28N4O/c46-29-30-20-22-33(23-21-30)43-47-42(32-13-4-1-5-14-32)48-44(49-43)34-25-27-40-39(28-34)45(35-15-6-2-7-16-35,36-17-8-3-9-18-36)38-26-24-31-12-10-11-19-37(31)41(38)50-40/h1-28H. The normalized spacial score (nSPS) is 12.7. The van der Waals surface area contributed by atoms with Gasteiger partial charge in [-0.15, -0.1) is 0 Å². The molecule has 0 unspecified atom stereocenters. The molecule has 5 heteroatoms. The van der Waals surface area contributed by atoms with Crippen LogP contribution in [0.5, 0.6) is 11.5 Å². The van der Waals surface area contributed by atoms with Gasteiger partial charge < -0.3 is 4.74 Å². The zero-order valence-electron chi connectivity index (χ0n) is 26.9. The molecule has 0 atom stereocenters. The third-order valence-electron chi connectivity index (χ3n) is 9.49.